The maximum absolute atomic E-state index is 13.6. The Labute approximate surface area is 183 Å². The minimum atomic E-state index is -0.300. The third-order valence-electron chi connectivity index (χ3n) is 4.99. The summed E-state index contributed by atoms with van der Waals surface area (Å²) in [7, 11) is 0. The number of carbonyl (C=O) groups is 1. The van der Waals surface area contributed by atoms with Crippen LogP contribution in [0.25, 0.3) is 33.6 Å². The first-order valence-corrected chi connectivity index (χ1v) is 10.6. The molecule has 0 aliphatic rings. The number of carbonyl (C=O) groups excluding carboxylic acids is 1. The molecule has 1 N–H and O–H groups in total. The Morgan fingerprint density at radius 3 is 2.13 bits per heavy atom. The Hall–Kier alpha value is -3.05. The zero-order valence-electron chi connectivity index (χ0n) is 16.5. The van der Waals surface area contributed by atoms with E-state index in [-0.39, 0.29) is 11.6 Å². The van der Waals surface area contributed by atoms with Gasteiger partial charge in [0.25, 0.3) is 0 Å². The molecule has 2 heterocycles. The highest BCUT2D eigenvalue weighted by atomic mass is 79.9. The van der Waals surface area contributed by atoms with Crippen LogP contribution in [0.4, 0.5) is 4.39 Å². The fraction of sp³-hybridized carbons (Fsp3) is 0.120. The molecule has 0 saturated heterocycles. The molecule has 0 bridgehead atoms. The second kappa shape index (κ2) is 8.76. The number of H-pyrrole nitrogens is 1. The largest absolute Gasteiger partial charge is 0.353 e. The molecule has 0 aliphatic heterocycles. The number of aromatic nitrogens is 2. The number of ketones is 1. The van der Waals surface area contributed by atoms with Crippen molar-refractivity contribution in [3.05, 3.63) is 88.9 Å². The van der Waals surface area contributed by atoms with Gasteiger partial charge in [0.2, 0.25) is 0 Å². The molecule has 0 amide bonds. The third kappa shape index (κ3) is 3.98. The molecule has 0 fully saturated rings. The van der Waals surface area contributed by atoms with Crippen molar-refractivity contribution in [2.24, 2.45) is 0 Å². The monoisotopic (exact) mass is 462 g/mol. The van der Waals surface area contributed by atoms with E-state index >= 15 is 0 Å². The van der Waals surface area contributed by atoms with Crippen molar-refractivity contribution in [1.82, 2.24) is 9.97 Å². The predicted molar refractivity (Wildman–Crippen MR) is 122 cm³/mol. The van der Waals surface area contributed by atoms with Crippen LogP contribution < -0.4 is 0 Å². The van der Waals surface area contributed by atoms with Crippen molar-refractivity contribution in [1.29, 1.82) is 0 Å². The summed E-state index contributed by atoms with van der Waals surface area (Å²) >= 11 is 3.47. The molecule has 2 aromatic carbocycles. The minimum Gasteiger partial charge on any atom is -0.353 e. The smallest absolute Gasteiger partial charge is 0.165 e. The van der Waals surface area contributed by atoms with Crippen molar-refractivity contribution >= 4 is 21.7 Å². The molecule has 2 aromatic heterocycles. The summed E-state index contributed by atoms with van der Waals surface area (Å²) in [6.07, 6.45) is 4.63. The standard InChI is InChI=1S/C25H20BrFN2O/c1-2-3-21(30)23-22(16-12-14-28-15-13-16)24(18-6-10-20(27)11-7-18)29-25(23)17-4-8-19(26)9-5-17/h4-15,29H,2-3H2,1H3. The van der Waals surface area contributed by atoms with Gasteiger partial charge in [-0.25, -0.2) is 4.39 Å². The molecule has 5 heteroatoms. The van der Waals surface area contributed by atoms with Crippen LogP contribution in [-0.2, 0) is 0 Å². The van der Waals surface area contributed by atoms with Crippen molar-refractivity contribution < 1.29 is 9.18 Å². The van der Waals surface area contributed by atoms with Crippen LogP contribution >= 0.6 is 15.9 Å². The van der Waals surface area contributed by atoms with Gasteiger partial charge in [-0.1, -0.05) is 35.0 Å². The number of hydrogen-bond acceptors (Lipinski definition) is 2. The van der Waals surface area contributed by atoms with Gasteiger partial charge in [0.05, 0.1) is 17.0 Å². The van der Waals surface area contributed by atoms with Crippen LogP contribution in [-0.4, -0.2) is 15.8 Å². The number of hydrogen-bond donors (Lipinski definition) is 1. The maximum Gasteiger partial charge on any atom is 0.165 e. The summed E-state index contributed by atoms with van der Waals surface area (Å²) in [6.45, 7) is 2.00. The van der Waals surface area contributed by atoms with E-state index < -0.39 is 0 Å². The molecule has 30 heavy (non-hydrogen) atoms. The highest BCUT2D eigenvalue weighted by Crippen LogP contribution is 2.41. The quantitative estimate of drug-likeness (QED) is 0.305. The number of benzene rings is 2. The van der Waals surface area contributed by atoms with Gasteiger partial charge in [-0.05, 0) is 71.6 Å². The Morgan fingerprint density at radius 1 is 0.900 bits per heavy atom. The van der Waals surface area contributed by atoms with E-state index in [1.807, 2.05) is 43.3 Å². The fourth-order valence-electron chi connectivity index (χ4n) is 3.60. The summed E-state index contributed by atoms with van der Waals surface area (Å²) in [4.78, 5) is 20.9. The molecular weight excluding hydrogens is 443 g/mol. The highest BCUT2D eigenvalue weighted by Gasteiger charge is 2.25. The number of aromatic amines is 1. The summed E-state index contributed by atoms with van der Waals surface area (Å²) in [5, 5.41) is 0. The average Bonchev–Trinajstić information content (AvgIpc) is 3.16. The molecule has 0 radical (unpaired) electrons. The zero-order valence-corrected chi connectivity index (χ0v) is 18.0. The molecule has 0 saturated carbocycles. The summed E-state index contributed by atoms with van der Waals surface area (Å²) in [5.41, 5.74) is 5.66. The molecule has 4 rings (SSSR count). The van der Waals surface area contributed by atoms with E-state index in [0.717, 1.165) is 44.5 Å². The van der Waals surface area contributed by atoms with E-state index in [1.165, 1.54) is 12.1 Å². The lowest BCUT2D eigenvalue weighted by molar-refractivity contribution is 0.0983. The lowest BCUT2D eigenvalue weighted by Crippen LogP contribution is -2.01. The molecule has 0 aliphatic carbocycles. The van der Waals surface area contributed by atoms with Crippen LogP contribution in [0.1, 0.15) is 30.1 Å². The molecule has 4 aromatic rings. The summed E-state index contributed by atoms with van der Waals surface area (Å²) < 4.78 is 14.5. The molecule has 150 valence electrons. The Morgan fingerprint density at radius 2 is 1.50 bits per heavy atom. The van der Waals surface area contributed by atoms with Gasteiger partial charge >= 0.3 is 0 Å². The Bertz CT molecular complexity index is 1170. The maximum atomic E-state index is 13.6. The van der Waals surface area contributed by atoms with Crippen molar-refractivity contribution in [2.75, 3.05) is 0 Å². The molecule has 0 spiro atoms. The fourth-order valence-corrected chi connectivity index (χ4v) is 3.87. The molecule has 3 nitrogen and oxygen atoms in total. The number of pyridine rings is 1. The Balaban J connectivity index is 2.04. The van der Waals surface area contributed by atoms with Gasteiger partial charge in [0.1, 0.15) is 5.82 Å². The topological polar surface area (TPSA) is 45.8 Å². The SMILES string of the molecule is CCCC(=O)c1c(-c2ccc(Br)cc2)[nH]c(-c2ccc(F)cc2)c1-c1ccncc1. The van der Waals surface area contributed by atoms with E-state index in [1.54, 1.807) is 24.5 Å². The number of halogens is 2. The van der Waals surface area contributed by atoms with Crippen molar-refractivity contribution in [2.45, 2.75) is 19.8 Å². The molecule has 0 atom stereocenters. The van der Waals surface area contributed by atoms with Gasteiger partial charge in [0, 0.05) is 28.9 Å². The Kier molecular flexibility index (Phi) is 5.91. The van der Waals surface area contributed by atoms with Gasteiger partial charge < -0.3 is 4.98 Å². The first kappa shape index (κ1) is 20.2. The highest BCUT2D eigenvalue weighted by molar-refractivity contribution is 9.10. The van der Waals surface area contributed by atoms with Gasteiger partial charge in [-0.3, -0.25) is 9.78 Å². The van der Waals surface area contributed by atoms with E-state index in [9.17, 15) is 9.18 Å². The van der Waals surface area contributed by atoms with Crippen molar-refractivity contribution in [3.63, 3.8) is 0 Å². The van der Waals surface area contributed by atoms with E-state index in [4.69, 9.17) is 0 Å². The first-order chi connectivity index (χ1) is 14.6. The molecular formula is C25H20BrFN2O. The second-order valence-corrected chi connectivity index (χ2v) is 7.96. The van der Waals surface area contributed by atoms with Crippen molar-refractivity contribution in [3.8, 4) is 33.6 Å². The van der Waals surface area contributed by atoms with E-state index in [2.05, 4.69) is 25.9 Å². The van der Waals surface area contributed by atoms with Crippen LogP contribution in [0.2, 0.25) is 0 Å². The zero-order chi connectivity index (χ0) is 21.1. The average molecular weight is 463 g/mol. The lowest BCUT2D eigenvalue weighted by Gasteiger charge is -2.09. The minimum absolute atomic E-state index is 0.0758. The third-order valence-corrected chi connectivity index (χ3v) is 5.52. The summed E-state index contributed by atoms with van der Waals surface area (Å²) in [6, 6.07) is 18.0. The van der Waals surface area contributed by atoms with Gasteiger partial charge in [-0.2, -0.15) is 0 Å². The van der Waals surface area contributed by atoms with Crippen LogP contribution in [0, 0.1) is 5.82 Å². The second-order valence-electron chi connectivity index (χ2n) is 7.05. The predicted octanol–water partition coefficient (Wildman–Crippen LogP) is 7.30. The van der Waals surface area contributed by atoms with Crippen LogP contribution in [0.3, 0.4) is 0 Å². The number of Topliss-reactive ketones (excluding diaryl/α,β-unsaturated/α-hetero) is 1. The normalized spacial score (nSPS) is 10.9. The van der Waals surface area contributed by atoms with Crippen LogP contribution in [0.15, 0.2) is 77.5 Å². The van der Waals surface area contributed by atoms with Gasteiger partial charge in [0.15, 0.2) is 5.78 Å². The number of rotatable bonds is 6. The number of nitrogens with zero attached hydrogens (tertiary/aromatic N) is 1. The lowest BCUT2D eigenvalue weighted by atomic mass is 9.92. The van der Waals surface area contributed by atoms with Crippen LogP contribution in [0.5, 0.6) is 0 Å². The van der Waals surface area contributed by atoms with E-state index in [0.29, 0.717) is 12.0 Å². The molecule has 0 unspecified atom stereocenters. The van der Waals surface area contributed by atoms with Gasteiger partial charge in [-0.15, -0.1) is 0 Å². The summed E-state index contributed by atoms with van der Waals surface area (Å²) in [5.74, 6) is -0.224. The number of nitrogens with one attached hydrogen (secondary N) is 1. The first-order valence-electron chi connectivity index (χ1n) is 9.80.